The van der Waals surface area contributed by atoms with Gasteiger partial charge < -0.3 is 15.8 Å². The first-order chi connectivity index (χ1) is 8.69. The van der Waals surface area contributed by atoms with Crippen molar-refractivity contribution in [2.24, 2.45) is 0 Å². The zero-order valence-electron chi connectivity index (χ0n) is 10.1. The highest BCUT2D eigenvalue weighted by atomic mass is 35.5. The Morgan fingerprint density at radius 2 is 2.06 bits per heavy atom. The van der Waals surface area contributed by atoms with Gasteiger partial charge in [-0.1, -0.05) is 23.7 Å². The maximum absolute atomic E-state index is 6.14. The van der Waals surface area contributed by atoms with E-state index in [4.69, 9.17) is 22.1 Å². The molecule has 0 aliphatic rings. The molecule has 0 aliphatic carbocycles. The Morgan fingerprint density at radius 1 is 1.22 bits per heavy atom. The van der Waals surface area contributed by atoms with E-state index >= 15 is 0 Å². The van der Waals surface area contributed by atoms with E-state index in [-0.39, 0.29) is 0 Å². The van der Waals surface area contributed by atoms with Gasteiger partial charge in [0.25, 0.3) is 0 Å². The molecule has 18 heavy (non-hydrogen) atoms. The lowest BCUT2D eigenvalue weighted by Crippen LogP contribution is -2.00. The lowest BCUT2D eigenvalue weighted by atomic mass is 10.2. The molecule has 0 bridgehead atoms. The normalized spacial score (nSPS) is 10.1. The number of rotatable bonds is 4. The van der Waals surface area contributed by atoms with Gasteiger partial charge in [0.1, 0.15) is 5.75 Å². The quantitative estimate of drug-likeness (QED) is 0.829. The summed E-state index contributed by atoms with van der Waals surface area (Å²) in [6.45, 7) is 0.678. The van der Waals surface area contributed by atoms with Gasteiger partial charge in [0.2, 0.25) is 0 Å². The van der Waals surface area contributed by atoms with E-state index in [0.29, 0.717) is 11.6 Å². The summed E-state index contributed by atoms with van der Waals surface area (Å²) >= 11 is 6.14. The standard InChI is InChI=1S/C14H15ClN2O/c1-18-12-5-6-14(13(15)8-12)17-9-10-3-2-4-11(16)7-10/h2-8,17H,9,16H2,1H3. The number of nitrogen functional groups attached to an aromatic ring is 1. The maximum Gasteiger partial charge on any atom is 0.120 e. The van der Waals surface area contributed by atoms with Crippen LogP contribution in [0.15, 0.2) is 42.5 Å². The number of methoxy groups -OCH3 is 1. The second-order valence-corrected chi connectivity index (χ2v) is 4.35. The van der Waals surface area contributed by atoms with Crippen LogP contribution in [-0.2, 0) is 6.54 Å². The Kier molecular flexibility index (Phi) is 3.95. The highest BCUT2D eigenvalue weighted by Crippen LogP contribution is 2.27. The molecule has 0 unspecified atom stereocenters. The van der Waals surface area contributed by atoms with Gasteiger partial charge >= 0.3 is 0 Å². The van der Waals surface area contributed by atoms with Crippen molar-refractivity contribution in [1.82, 2.24) is 0 Å². The van der Waals surface area contributed by atoms with Gasteiger partial charge in [-0.2, -0.15) is 0 Å². The summed E-state index contributed by atoms with van der Waals surface area (Å²) in [7, 11) is 1.62. The third-order valence-electron chi connectivity index (χ3n) is 2.61. The highest BCUT2D eigenvalue weighted by molar-refractivity contribution is 6.33. The minimum Gasteiger partial charge on any atom is -0.497 e. The number of hydrogen-bond acceptors (Lipinski definition) is 3. The second-order valence-electron chi connectivity index (χ2n) is 3.94. The van der Waals surface area contributed by atoms with Gasteiger partial charge in [0.15, 0.2) is 0 Å². The molecule has 0 fully saturated rings. The average molecular weight is 263 g/mol. The van der Waals surface area contributed by atoms with Crippen LogP contribution in [0.1, 0.15) is 5.56 Å². The molecule has 0 saturated heterocycles. The zero-order valence-corrected chi connectivity index (χ0v) is 10.9. The monoisotopic (exact) mass is 262 g/mol. The lowest BCUT2D eigenvalue weighted by molar-refractivity contribution is 0.415. The van der Waals surface area contributed by atoms with Crippen molar-refractivity contribution in [3.05, 3.63) is 53.1 Å². The summed E-state index contributed by atoms with van der Waals surface area (Å²) in [6.07, 6.45) is 0. The molecular formula is C14H15ClN2O. The summed E-state index contributed by atoms with van der Waals surface area (Å²) in [5.74, 6) is 0.745. The van der Waals surface area contributed by atoms with E-state index in [1.807, 2.05) is 36.4 Å². The second kappa shape index (κ2) is 5.65. The van der Waals surface area contributed by atoms with E-state index in [1.165, 1.54) is 0 Å². The molecule has 2 aromatic rings. The van der Waals surface area contributed by atoms with Gasteiger partial charge in [-0.05, 0) is 29.8 Å². The lowest BCUT2D eigenvalue weighted by Gasteiger charge is -2.10. The van der Waals surface area contributed by atoms with Crippen molar-refractivity contribution in [3.63, 3.8) is 0 Å². The van der Waals surface area contributed by atoms with E-state index in [1.54, 1.807) is 13.2 Å². The topological polar surface area (TPSA) is 47.3 Å². The number of nitrogens with two attached hydrogens (primary N) is 1. The predicted octanol–water partition coefficient (Wildman–Crippen LogP) is 3.54. The summed E-state index contributed by atoms with van der Waals surface area (Å²) in [5.41, 5.74) is 8.47. The fourth-order valence-electron chi connectivity index (χ4n) is 1.67. The van der Waals surface area contributed by atoms with E-state index in [0.717, 1.165) is 22.7 Å². The SMILES string of the molecule is COc1ccc(NCc2cccc(N)c2)c(Cl)c1. The summed E-state index contributed by atoms with van der Waals surface area (Å²) < 4.78 is 5.10. The van der Waals surface area contributed by atoms with Gasteiger partial charge in [0.05, 0.1) is 17.8 Å². The van der Waals surface area contributed by atoms with Crippen LogP contribution in [0, 0.1) is 0 Å². The number of nitrogens with one attached hydrogen (secondary N) is 1. The Bertz CT molecular complexity index is 543. The van der Waals surface area contributed by atoms with Gasteiger partial charge in [0, 0.05) is 18.3 Å². The molecule has 2 rings (SSSR count). The van der Waals surface area contributed by atoms with E-state index < -0.39 is 0 Å². The third kappa shape index (κ3) is 3.08. The number of ether oxygens (including phenoxy) is 1. The third-order valence-corrected chi connectivity index (χ3v) is 2.92. The first-order valence-corrected chi connectivity index (χ1v) is 5.98. The molecular weight excluding hydrogens is 248 g/mol. The largest absolute Gasteiger partial charge is 0.497 e. The molecule has 3 N–H and O–H groups in total. The minimum absolute atomic E-state index is 0.637. The Morgan fingerprint density at radius 3 is 2.72 bits per heavy atom. The van der Waals surface area contributed by atoms with Crippen LogP contribution in [0.25, 0.3) is 0 Å². The molecule has 0 atom stereocenters. The Balaban J connectivity index is 2.06. The van der Waals surface area contributed by atoms with Crippen LogP contribution < -0.4 is 15.8 Å². The minimum atomic E-state index is 0.637. The highest BCUT2D eigenvalue weighted by Gasteiger charge is 2.02. The van der Waals surface area contributed by atoms with Gasteiger partial charge in [-0.15, -0.1) is 0 Å². The summed E-state index contributed by atoms with van der Waals surface area (Å²) in [6, 6.07) is 13.3. The van der Waals surface area contributed by atoms with Crippen molar-refractivity contribution >= 4 is 23.0 Å². The Hall–Kier alpha value is -1.87. The fraction of sp³-hybridized carbons (Fsp3) is 0.143. The first-order valence-electron chi connectivity index (χ1n) is 5.61. The smallest absolute Gasteiger partial charge is 0.120 e. The summed E-state index contributed by atoms with van der Waals surface area (Å²) in [4.78, 5) is 0. The van der Waals surface area contributed by atoms with Crippen molar-refractivity contribution < 1.29 is 4.74 Å². The molecule has 94 valence electrons. The fourth-order valence-corrected chi connectivity index (χ4v) is 1.90. The van der Waals surface area contributed by atoms with Crippen molar-refractivity contribution in [1.29, 1.82) is 0 Å². The number of halogens is 1. The van der Waals surface area contributed by atoms with Gasteiger partial charge in [-0.25, -0.2) is 0 Å². The van der Waals surface area contributed by atoms with Crippen LogP contribution in [-0.4, -0.2) is 7.11 Å². The maximum atomic E-state index is 6.14. The van der Waals surface area contributed by atoms with Crippen molar-refractivity contribution in [2.45, 2.75) is 6.54 Å². The molecule has 0 spiro atoms. The molecule has 0 heterocycles. The molecule has 3 nitrogen and oxygen atoms in total. The zero-order chi connectivity index (χ0) is 13.0. The van der Waals surface area contributed by atoms with E-state index in [9.17, 15) is 0 Å². The molecule has 4 heteroatoms. The van der Waals surface area contributed by atoms with Crippen molar-refractivity contribution in [2.75, 3.05) is 18.2 Å². The molecule has 0 amide bonds. The molecule has 2 aromatic carbocycles. The van der Waals surface area contributed by atoms with Crippen LogP contribution in [0.2, 0.25) is 5.02 Å². The molecule has 0 aliphatic heterocycles. The van der Waals surface area contributed by atoms with E-state index in [2.05, 4.69) is 5.32 Å². The van der Waals surface area contributed by atoms with Crippen LogP contribution in [0.5, 0.6) is 5.75 Å². The number of hydrogen-bond donors (Lipinski definition) is 2. The van der Waals surface area contributed by atoms with Gasteiger partial charge in [-0.3, -0.25) is 0 Å². The Labute approximate surface area is 112 Å². The van der Waals surface area contributed by atoms with Crippen LogP contribution >= 0.6 is 11.6 Å². The number of benzene rings is 2. The van der Waals surface area contributed by atoms with Crippen LogP contribution in [0.4, 0.5) is 11.4 Å². The predicted molar refractivity (Wildman–Crippen MR) is 76.2 cm³/mol. The molecule has 0 aromatic heterocycles. The molecule has 0 saturated carbocycles. The molecule has 0 radical (unpaired) electrons. The van der Waals surface area contributed by atoms with Crippen molar-refractivity contribution in [3.8, 4) is 5.75 Å². The summed E-state index contributed by atoms with van der Waals surface area (Å²) in [5, 5.41) is 3.90. The number of anilines is 2. The average Bonchev–Trinajstić information content (AvgIpc) is 2.37. The van der Waals surface area contributed by atoms with Crippen LogP contribution in [0.3, 0.4) is 0 Å². The first kappa shape index (κ1) is 12.6.